The van der Waals surface area contributed by atoms with Crippen LogP contribution in [0.5, 0.6) is 0 Å². The third-order valence-corrected chi connectivity index (χ3v) is 5.06. The zero-order valence-corrected chi connectivity index (χ0v) is 15.2. The summed E-state index contributed by atoms with van der Waals surface area (Å²) in [5.74, 6) is 1.30. The predicted octanol–water partition coefficient (Wildman–Crippen LogP) is 2.22. The molecule has 0 bridgehead atoms. The van der Waals surface area contributed by atoms with Crippen molar-refractivity contribution in [1.82, 2.24) is 35.4 Å². The number of nitrogens with one attached hydrogen (secondary N) is 2. The van der Waals surface area contributed by atoms with Gasteiger partial charge in [-0.2, -0.15) is 5.10 Å². The van der Waals surface area contributed by atoms with Crippen LogP contribution in [0.1, 0.15) is 31.6 Å². The quantitative estimate of drug-likeness (QED) is 0.639. The van der Waals surface area contributed by atoms with Gasteiger partial charge in [0.05, 0.1) is 11.3 Å². The van der Waals surface area contributed by atoms with Crippen LogP contribution >= 0.6 is 11.8 Å². The van der Waals surface area contributed by atoms with Gasteiger partial charge in [0, 0.05) is 11.3 Å². The number of nitrogens with zero attached hydrogens (tertiary/aromatic N) is 6. The molecular formula is C16H18N8OS. The summed E-state index contributed by atoms with van der Waals surface area (Å²) in [5.41, 5.74) is 1.61. The highest BCUT2D eigenvalue weighted by atomic mass is 32.2. The highest BCUT2D eigenvalue weighted by molar-refractivity contribution is 8.00. The number of aromatic nitrogens is 7. The summed E-state index contributed by atoms with van der Waals surface area (Å²) in [5, 5.41) is 22.0. The van der Waals surface area contributed by atoms with Crippen LogP contribution in [-0.4, -0.2) is 46.5 Å². The van der Waals surface area contributed by atoms with Gasteiger partial charge in [0.1, 0.15) is 5.82 Å². The molecule has 2 heterocycles. The molecule has 2 N–H and O–H groups in total. The third kappa shape index (κ3) is 3.59. The number of amides is 1. The van der Waals surface area contributed by atoms with Gasteiger partial charge in [0.15, 0.2) is 5.82 Å². The van der Waals surface area contributed by atoms with Crippen LogP contribution in [0.3, 0.4) is 0 Å². The zero-order valence-electron chi connectivity index (χ0n) is 14.4. The van der Waals surface area contributed by atoms with Crippen LogP contribution < -0.4 is 5.32 Å². The van der Waals surface area contributed by atoms with E-state index < -0.39 is 0 Å². The lowest BCUT2D eigenvalue weighted by Gasteiger charge is -2.11. The maximum atomic E-state index is 12.5. The lowest BCUT2D eigenvalue weighted by Crippen LogP contribution is -2.23. The molecular weight excluding hydrogens is 352 g/mol. The normalized spacial score (nSPS) is 15.0. The highest BCUT2D eigenvalue weighted by Crippen LogP contribution is 2.37. The molecule has 9 nitrogen and oxygen atoms in total. The topological polar surface area (TPSA) is 114 Å². The molecule has 1 aliphatic carbocycles. The minimum atomic E-state index is -0.311. The lowest BCUT2D eigenvalue weighted by molar-refractivity contribution is -0.115. The van der Waals surface area contributed by atoms with E-state index in [2.05, 4.69) is 36.0 Å². The lowest BCUT2D eigenvalue weighted by atomic mass is 10.2. The van der Waals surface area contributed by atoms with Crippen molar-refractivity contribution in [1.29, 1.82) is 0 Å². The molecule has 26 heavy (non-hydrogen) atoms. The van der Waals surface area contributed by atoms with Gasteiger partial charge in [-0.25, -0.2) is 9.67 Å². The first-order valence-corrected chi connectivity index (χ1v) is 9.23. The summed E-state index contributed by atoms with van der Waals surface area (Å²) in [6, 6.07) is 7.82. The van der Waals surface area contributed by atoms with Gasteiger partial charge in [-0.05, 0) is 61.4 Å². The molecule has 1 saturated carbocycles. The van der Waals surface area contributed by atoms with E-state index in [4.69, 9.17) is 0 Å². The molecule has 1 fully saturated rings. The van der Waals surface area contributed by atoms with Crippen molar-refractivity contribution in [3.8, 4) is 11.4 Å². The molecule has 10 heteroatoms. The van der Waals surface area contributed by atoms with E-state index in [-0.39, 0.29) is 11.2 Å². The number of thioether (sulfide) groups is 1. The number of anilines is 1. The van der Waals surface area contributed by atoms with E-state index in [1.54, 1.807) is 0 Å². The smallest absolute Gasteiger partial charge is 0.237 e. The van der Waals surface area contributed by atoms with Gasteiger partial charge in [-0.1, -0.05) is 11.8 Å². The van der Waals surface area contributed by atoms with Gasteiger partial charge in [0.2, 0.25) is 11.1 Å². The van der Waals surface area contributed by atoms with Crippen molar-refractivity contribution < 1.29 is 4.79 Å². The van der Waals surface area contributed by atoms with Gasteiger partial charge in [-0.3, -0.25) is 9.89 Å². The second-order valence-electron chi connectivity index (χ2n) is 6.21. The molecule has 0 aliphatic heterocycles. The fourth-order valence-electron chi connectivity index (χ4n) is 2.44. The molecule has 0 radical (unpaired) electrons. The van der Waals surface area contributed by atoms with Crippen molar-refractivity contribution in [2.45, 2.75) is 43.1 Å². The van der Waals surface area contributed by atoms with E-state index in [1.165, 1.54) is 11.8 Å². The number of carbonyl (C=O) groups excluding carboxylic acids is 1. The molecule has 3 aromatic rings. The summed E-state index contributed by atoms with van der Waals surface area (Å²) in [4.78, 5) is 16.7. The van der Waals surface area contributed by atoms with Crippen LogP contribution in [0.25, 0.3) is 11.4 Å². The van der Waals surface area contributed by atoms with E-state index in [0.717, 1.165) is 29.9 Å². The Balaban J connectivity index is 1.38. The van der Waals surface area contributed by atoms with Crippen LogP contribution in [0.2, 0.25) is 0 Å². The number of benzene rings is 1. The molecule has 0 spiro atoms. The largest absolute Gasteiger partial charge is 0.325 e. The van der Waals surface area contributed by atoms with E-state index in [9.17, 15) is 4.79 Å². The van der Waals surface area contributed by atoms with Crippen molar-refractivity contribution in [2.75, 3.05) is 5.32 Å². The van der Waals surface area contributed by atoms with E-state index in [1.807, 2.05) is 42.8 Å². The highest BCUT2D eigenvalue weighted by Gasteiger charge is 2.29. The van der Waals surface area contributed by atoms with Crippen LogP contribution in [0.15, 0.2) is 29.4 Å². The SMILES string of the molecule is Cc1nc(-c2ccc(NC(=O)C(C)Sc3nnnn3C3CC3)cc2)n[nH]1. The number of rotatable bonds is 6. The maximum absolute atomic E-state index is 12.5. The predicted molar refractivity (Wildman–Crippen MR) is 96.6 cm³/mol. The van der Waals surface area contributed by atoms with Crippen LogP contribution in [0.4, 0.5) is 5.69 Å². The molecule has 4 rings (SSSR count). The summed E-state index contributed by atoms with van der Waals surface area (Å²) >= 11 is 1.37. The molecule has 1 aromatic carbocycles. The first kappa shape index (κ1) is 16.7. The van der Waals surface area contributed by atoms with Crippen molar-refractivity contribution >= 4 is 23.4 Å². The van der Waals surface area contributed by atoms with Crippen molar-refractivity contribution in [2.24, 2.45) is 0 Å². The van der Waals surface area contributed by atoms with Gasteiger partial charge >= 0.3 is 0 Å². The minimum Gasteiger partial charge on any atom is -0.325 e. The first-order chi connectivity index (χ1) is 12.6. The molecule has 0 saturated heterocycles. The number of aryl methyl sites for hydroxylation is 1. The Kier molecular flexibility index (Phi) is 4.41. The molecule has 134 valence electrons. The summed E-state index contributed by atoms with van der Waals surface area (Å²) in [6.07, 6.45) is 2.19. The monoisotopic (exact) mass is 370 g/mol. The molecule has 1 atom stereocenters. The molecule has 1 aliphatic rings. The van der Waals surface area contributed by atoms with Crippen molar-refractivity contribution in [3.63, 3.8) is 0 Å². The summed E-state index contributed by atoms with van der Waals surface area (Å²) < 4.78 is 1.81. The zero-order chi connectivity index (χ0) is 18.1. The van der Waals surface area contributed by atoms with Gasteiger partial charge < -0.3 is 5.32 Å². The minimum absolute atomic E-state index is 0.0955. The Labute approximate surface area is 154 Å². The Bertz CT molecular complexity index is 914. The Hall–Kier alpha value is -2.75. The van der Waals surface area contributed by atoms with Crippen LogP contribution in [0, 0.1) is 6.92 Å². The Morgan fingerprint density at radius 3 is 2.77 bits per heavy atom. The second-order valence-corrected chi connectivity index (χ2v) is 7.52. The van der Waals surface area contributed by atoms with Crippen LogP contribution in [-0.2, 0) is 4.79 Å². The number of H-pyrrole nitrogens is 1. The van der Waals surface area contributed by atoms with Crippen molar-refractivity contribution in [3.05, 3.63) is 30.1 Å². The number of aromatic amines is 1. The maximum Gasteiger partial charge on any atom is 0.237 e. The summed E-state index contributed by atoms with van der Waals surface area (Å²) in [7, 11) is 0. The number of hydrogen-bond acceptors (Lipinski definition) is 7. The van der Waals surface area contributed by atoms with Gasteiger partial charge in [-0.15, -0.1) is 5.10 Å². The Morgan fingerprint density at radius 1 is 1.35 bits per heavy atom. The molecule has 1 amide bonds. The van der Waals surface area contributed by atoms with E-state index >= 15 is 0 Å². The fraction of sp³-hybridized carbons (Fsp3) is 0.375. The van der Waals surface area contributed by atoms with Gasteiger partial charge in [0.25, 0.3) is 0 Å². The number of carbonyl (C=O) groups is 1. The fourth-order valence-corrected chi connectivity index (χ4v) is 3.30. The summed E-state index contributed by atoms with van der Waals surface area (Å²) in [6.45, 7) is 3.69. The first-order valence-electron chi connectivity index (χ1n) is 8.35. The molecule has 2 aromatic heterocycles. The molecule has 1 unspecified atom stereocenters. The number of tetrazole rings is 1. The second kappa shape index (κ2) is 6.87. The third-order valence-electron chi connectivity index (χ3n) is 4.01. The van der Waals surface area contributed by atoms with E-state index in [0.29, 0.717) is 17.0 Å². The number of hydrogen-bond donors (Lipinski definition) is 2. The Morgan fingerprint density at radius 2 is 2.12 bits per heavy atom. The standard InChI is InChI=1S/C16H18N8OS/c1-9(26-16-21-22-23-24(16)13-7-8-13)15(25)18-12-5-3-11(4-6-12)14-17-10(2)19-20-14/h3-6,9,13H,7-8H2,1-2H3,(H,18,25)(H,17,19,20). The average Bonchev–Trinajstić information content (AvgIpc) is 3.22. The average molecular weight is 370 g/mol.